The number of pyridine rings is 1. The Kier molecular flexibility index (Phi) is 7.33. The van der Waals surface area contributed by atoms with Crippen molar-refractivity contribution in [3.63, 3.8) is 0 Å². The summed E-state index contributed by atoms with van der Waals surface area (Å²) in [6.07, 6.45) is 6.50. The number of alkyl carbamates (subject to hydrolysis) is 1. The molecule has 1 amide bonds. The average molecular weight is 565 g/mol. The van der Waals surface area contributed by atoms with Crippen LogP contribution in [0.3, 0.4) is 0 Å². The van der Waals surface area contributed by atoms with Gasteiger partial charge in [-0.2, -0.15) is 0 Å². The maximum atomic E-state index is 15.4. The number of aromatic nitrogens is 1. The second kappa shape index (κ2) is 10.9. The van der Waals surface area contributed by atoms with Gasteiger partial charge in [0, 0.05) is 23.9 Å². The molecule has 2 aromatic rings. The van der Waals surface area contributed by atoms with Crippen LogP contribution in [0.5, 0.6) is 5.88 Å². The molecule has 1 saturated carbocycles. The summed E-state index contributed by atoms with van der Waals surface area (Å²) in [4.78, 5) is 23.6. The average Bonchev–Trinajstić information content (AvgIpc) is 2.92. The van der Waals surface area contributed by atoms with Crippen molar-refractivity contribution in [1.82, 2.24) is 15.2 Å². The van der Waals surface area contributed by atoms with E-state index in [1.807, 2.05) is 6.92 Å². The summed E-state index contributed by atoms with van der Waals surface area (Å²) >= 11 is 0. The monoisotopic (exact) mass is 564 g/mol. The van der Waals surface area contributed by atoms with Crippen molar-refractivity contribution in [2.75, 3.05) is 50.5 Å². The number of ether oxygens (including phenoxy) is 3. The number of anilines is 2. The number of nitrogens with two attached hydrogens (primary N) is 1. The maximum Gasteiger partial charge on any atom is 0.413 e. The number of nitrogen functional groups attached to an aromatic ring is 1. The smallest absolute Gasteiger partial charge is 0.413 e. The van der Waals surface area contributed by atoms with Crippen LogP contribution < -0.4 is 21.1 Å². The Hall–Kier alpha value is -3.70. The van der Waals surface area contributed by atoms with E-state index in [2.05, 4.69) is 32.2 Å². The van der Waals surface area contributed by atoms with Gasteiger partial charge in [-0.3, -0.25) is 10.2 Å². The number of likely N-dealkylation sites (tertiary alicyclic amines) is 1. The summed E-state index contributed by atoms with van der Waals surface area (Å²) in [5.74, 6) is 0.147. The summed E-state index contributed by atoms with van der Waals surface area (Å²) in [5.41, 5.74) is 10.0. The Bertz CT molecular complexity index is 1390. The third kappa shape index (κ3) is 5.24. The number of hydrogen-bond donors (Lipinski definition) is 3. The highest BCUT2D eigenvalue weighted by Crippen LogP contribution is 2.50. The molecule has 4 N–H and O–H groups in total. The standard InChI is InChI=1S/C30H37FN6O4/c1-17-19(10-22(25(31)26(17)32)23-14-35-28-27(18(23)2)34-6-9-40-28)11-24(33-3)36-29(38)41-21-12-30(13-21)4-7-37(8-5-30)20-15-39-16-20/h10-11,14,20-21,34H,3-9,12-13,15-16,32H2,1-2H3,(H,36,38)/b24-11+. The first-order valence-electron chi connectivity index (χ1n) is 14.2. The molecule has 0 unspecified atom stereocenters. The van der Waals surface area contributed by atoms with Crippen LogP contribution in [0.2, 0.25) is 0 Å². The molecule has 11 heteroatoms. The Morgan fingerprint density at radius 1 is 1.29 bits per heavy atom. The van der Waals surface area contributed by atoms with Gasteiger partial charge in [0.1, 0.15) is 24.2 Å². The van der Waals surface area contributed by atoms with E-state index in [9.17, 15) is 4.79 Å². The Balaban J connectivity index is 1.13. The number of hydrogen-bond acceptors (Lipinski definition) is 9. The van der Waals surface area contributed by atoms with Gasteiger partial charge < -0.3 is 25.3 Å². The topological polar surface area (TPSA) is 123 Å². The number of benzene rings is 1. The van der Waals surface area contributed by atoms with Gasteiger partial charge in [0.2, 0.25) is 5.88 Å². The minimum atomic E-state index is -0.582. The second-order valence-corrected chi connectivity index (χ2v) is 11.6. The molecule has 4 heterocycles. The quantitative estimate of drug-likeness (QED) is 0.351. The lowest BCUT2D eigenvalue weighted by atomic mass is 9.61. The Morgan fingerprint density at radius 2 is 2.05 bits per heavy atom. The van der Waals surface area contributed by atoms with Crippen molar-refractivity contribution in [1.29, 1.82) is 0 Å². The lowest BCUT2D eigenvalue weighted by molar-refractivity contribution is -0.113. The van der Waals surface area contributed by atoms with Crippen molar-refractivity contribution in [2.45, 2.75) is 51.7 Å². The molecular formula is C30H37FN6O4. The minimum Gasteiger partial charge on any atom is -0.474 e. The molecule has 0 atom stereocenters. The van der Waals surface area contributed by atoms with Crippen LogP contribution >= 0.6 is 0 Å². The molecule has 6 rings (SSSR count). The Morgan fingerprint density at radius 3 is 2.73 bits per heavy atom. The number of fused-ring (bicyclic) bond motifs is 1. The van der Waals surface area contributed by atoms with E-state index in [0.717, 1.165) is 63.2 Å². The molecule has 1 spiro atoms. The minimum absolute atomic E-state index is 0.0108. The van der Waals surface area contributed by atoms with E-state index in [1.165, 1.54) is 0 Å². The predicted octanol–water partition coefficient (Wildman–Crippen LogP) is 4.26. The summed E-state index contributed by atoms with van der Waals surface area (Å²) in [5, 5.41) is 5.97. The molecule has 10 nitrogen and oxygen atoms in total. The van der Waals surface area contributed by atoms with Crippen molar-refractivity contribution in [2.24, 2.45) is 10.4 Å². The fraction of sp³-hybridized carbons (Fsp3) is 0.500. The highest BCUT2D eigenvalue weighted by Gasteiger charge is 2.48. The molecule has 1 aromatic heterocycles. The summed E-state index contributed by atoms with van der Waals surface area (Å²) in [6, 6.07) is 2.25. The first-order valence-corrected chi connectivity index (χ1v) is 14.2. The van der Waals surface area contributed by atoms with Gasteiger partial charge in [0.25, 0.3) is 0 Å². The molecule has 0 radical (unpaired) electrons. The molecule has 1 aliphatic carbocycles. The van der Waals surface area contributed by atoms with Gasteiger partial charge >= 0.3 is 6.09 Å². The fourth-order valence-corrected chi connectivity index (χ4v) is 6.38. The number of nitrogens with one attached hydrogen (secondary N) is 2. The lowest BCUT2D eigenvalue weighted by Crippen LogP contribution is -2.56. The maximum absolute atomic E-state index is 15.4. The number of aliphatic imine (C=N–C) groups is 1. The van der Waals surface area contributed by atoms with Crippen LogP contribution in [0.25, 0.3) is 17.2 Å². The SMILES string of the molecule is C=N/C(=C\c1cc(-c2cnc3c(c2C)NCCO3)c(F)c(N)c1C)NC(=O)OC1CC2(CCN(C3COC3)CC2)C1. The van der Waals surface area contributed by atoms with Crippen LogP contribution in [0.1, 0.15) is 42.4 Å². The number of nitrogens with zero attached hydrogens (tertiary/aromatic N) is 3. The molecule has 1 aromatic carbocycles. The van der Waals surface area contributed by atoms with E-state index in [1.54, 1.807) is 25.3 Å². The molecule has 2 saturated heterocycles. The zero-order valence-corrected chi connectivity index (χ0v) is 23.6. The third-order valence-electron chi connectivity index (χ3n) is 9.13. The van der Waals surface area contributed by atoms with E-state index >= 15 is 4.39 Å². The predicted molar refractivity (Wildman–Crippen MR) is 156 cm³/mol. The van der Waals surface area contributed by atoms with Crippen LogP contribution in [0.15, 0.2) is 23.1 Å². The van der Waals surface area contributed by atoms with Crippen LogP contribution in [-0.4, -0.2) is 74.3 Å². The van der Waals surface area contributed by atoms with Crippen molar-refractivity contribution < 1.29 is 23.4 Å². The van der Waals surface area contributed by atoms with Crippen molar-refractivity contribution in [3.8, 4) is 17.0 Å². The number of piperidine rings is 1. The number of carbonyl (C=O) groups is 1. The van der Waals surface area contributed by atoms with Crippen LogP contribution in [0.4, 0.5) is 20.6 Å². The van der Waals surface area contributed by atoms with Crippen LogP contribution in [-0.2, 0) is 9.47 Å². The van der Waals surface area contributed by atoms with Crippen LogP contribution in [0, 0.1) is 25.1 Å². The zero-order valence-electron chi connectivity index (χ0n) is 23.6. The zero-order chi connectivity index (χ0) is 28.7. The van der Waals surface area contributed by atoms with E-state index < -0.39 is 11.9 Å². The first kappa shape index (κ1) is 27.5. The van der Waals surface area contributed by atoms with Crippen molar-refractivity contribution >= 4 is 30.3 Å². The van der Waals surface area contributed by atoms with E-state index in [0.29, 0.717) is 47.3 Å². The number of carbonyl (C=O) groups excluding carboxylic acids is 1. The van der Waals surface area contributed by atoms with E-state index in [-0.39, 0.29) is 23.0 Å². The van der Waals surface area contributed by atoms with Gasteiger partial charge in [-0.05, 0) is 93.6 Å². The number of rotatable bonds is 6. The molecule has 0 bridgehead atoms. The molecule has 3 fully saturated rings. The number of halogens is 1. The Labute approximate surface area is 239 Å². The van der Waals surface area contributed by atoms with Gasteiger partial charge in [-0.15, -0.1) is 0 Å². The highest BCUT2D eigenvalue weighted by atomic mass is 19.1. The second-order valence-electron chi connectivity index (χ2n) is 11.6. The third-order valence-corrected chi connectivity index (χ3v) is 9.13. The van der Waals surface area contributed by atoms with Gasteiger partial charge in [-0.25, -0.2) is 19.2 Å². The fourth-order valence-electron chi connectivity index (χ4n) is 6.38. The summed E-state index contributed by atoms with van der Waals surface area (Å²) < 4.78 is 32.1. The largest absolute Gasteiger partial charge is 0.474 e. The molecule has 218 valence electrons. The molecule has 41 heavy (non-hydrogen) atoms. The number of amides is 1. The van der Waals surface area contributed by atoms with Crippen molar-refractivity contribution in [3.05, 3.63) is 40.6 Å². The molecular weight excluding hydrogens is 527 g/mol. The van der Waals surface area contributed by atoms with Gasteiger partial charge in [0.05, 0.1) is 24.9 Å². The van der Waals surface area contributed by atoms with Gasteiger partial charge in [0.15, 0.2) is 5.82 Å². The lowest BCUT2D eigenvalue weighted by Gasteiger charge is -2.53. The normalized spacial score (nSPS) is 20.7. The first-order chi connectivity index (χ1) is 19.8. The van der Waals surface area contributed by atoms with Gasteiger partial charge in [-0.1, -0.05) is 0 Å². The van der Waals surface area contributed by atoms with E-state index in [4.69, 9.17) is 19.9 Å². The summed E-state index contributed by atoms with van der Waals surface area (Å²) in [7, 11) is 0. The highest BCUT2D eigenvalue weighted by molar-refractivity contribution is 5.82. The summed E-state index contributed by atoms with van der Waals surface area (Å²) in [6.45, 7) is 12.2. The molecule has 3 aliphatic heterocycles. The molecule has 4 aliphatic rings.